The van der Waals surface area contributed by atoms with Crippen LogP contribution >= 0.6 is 11.6 Å². The van der Waals surface area contributed by atoms with E-state index in [1.807, 2.05) is 32.1 Å². The fraction of sp³-hybridized carbons (Fsp3) is 0.450. The summed E-state index contributed by atoms with van der Waals surface area (Å²) in [5.41, 5.74) is 2.45. The van der Waals surface area contributed by atoms with E-state index < -0.39 is 0 Å². The highest BCUT2D eigenvalue weighted by Crippen LogP contribution is 2.32. The number of nitrogens with one attached hydrogen (secondary N) is 1. The van der Waals surface area contributed by atoms with Gasteiger partial charge < -0.3 is 14.9 Å². The molecule has 0 amide bonds. The Balaban J connectivity index is 2.01. The maximum atomic E-state index is 7.27. The van der Waals surface area contributed by atoms with Crippen molar-refractivity contribution >= 4 is 17.8 Å². The van der Waals surface area contributed by atoms with Crippen molar-refractivity contribution in [2.45, 2.75) is 45.8 Å². The summed E-state index contributed by atoms with van der Waals surface area (Å²) in [7, 11) is 0. The standard InChI is InChI=1S/C20H26ClNO2/c1-4-23-19-8-5-16(6-9-19)11-18-12-17(7-10-20(18)21)15(3)24-14(2)13-22/h5-10,13-15,17,22H,4,11-12H2,1-3H3/t14-,15+,17-/m0/s1. The van der Waals surface area contributed by atoms with Gasteiger partial charge in [0, 0.05) is 17.2 Å². The van der Waals surface area contributed by atoms with Crippen LogP contribution < -0.4 is 4.74 Å². The minimum atomic E-state index is -0.163. The number of hydrogen-bond acceptors (Lipinski definition) is 3. The summed E-state index contributed by atoms with van der Waals surface area (Å²) in [5.74, 6) is 1.18. The van der Waals surface area contributed by atoms with E-state index in [4.69, 9.17) is 26.5 Å². The molecule has 1 aliphatic carbocycles. The monoisotopic (exact) mass is 347 g/mol. The van der Waals surface area contributed by atoms with Gasteiger partial charge in [0.2, 0.25) is 0 Å². The number of halogens is 1. The molecule has 24 heavy (non-hydrogen) atoms. The molecule has 0 bridgehead atoms. The fourth-order valence-corrected chi connectivity index (χ4v) is 3.07. The SMILES string of the molecule is CCOc1ccc(CC2=C(Cl)C=C[C@H]([C@@H](C)O[C@@H](C)C=N)C2)cc1. The van der Waals surface area contributed by atoms with Crippen molar-refractivity contribution in [2.75, 3.05) is 6.61 Å². The van der Waals surface area contributed by atoms with Gasteiger partial charge in [0.05, 0.1) is 18.8 Å². The number of rotatable bonds is 8. The van der Waals surface area contributed by atoms with Gasteiger partial charge in [0.15, 0.2) is 0 Å². The normalized spacial score (nSPS) is 19.9. The molecule has 0 unspecified atom stereocenters. The molecule has 3 atom stereocenters. The predicted molar refractivity (Wildman–Crippen MR) is 100 cm³/mol. The zero-order valence-electron chi connectivity index (χ0n) is 14.6. The van der Waals surface area contributed by atoms with Crippen LogP contribution in [0.1, 0.15) is 32.8 Å². The van der Waals surface area contributed by atoms with Crippen LogP contribution in [0.4, 0.5) is 0 Å². The number of hydrogen-bond donors (Lipinski definition) is 1. The molecule has 0 fully saturated rings. The molecule has 0 aliphatic heterocycles. The summed E-state index contributed by atoms with van der Waals surface area (Å²) in [6.45, 7) is 6.60. The Kier molecular flexibility index (Phi) is 7.07. The summed E-state index contributed by atoms with van der Waals surface area (Å²) in [4.78, 5) is 0. The van der Waals surface area contributed by atoms with Gasteiger partial charge in [0.1, 0.15) is 5.75 Å². The van der Waals surface area contributed by atoms with Crippen molar-refractivity contribution in [3.63, 3.8) is 0 Å². The lowest BCUT2D eigenvalue weighted by Crippen LogP contribution is -2.26. The maximum absolute atomic E-state index is 7.27. The first-order chi connectivity index (χ1) is 11.5. The van der Waals surface area contributed by atoms with Gasteiger partial charge in [-0.05, 0) is 63.0 Å². The second-order valence-corrected chi connectivity index (χ2v) is 6.55. The summed E-state index contributed by atoms with van der Waals surface area (Å²) >= 11 is 6.41. The lowest BCUT2D eigenvalue weighted by molar-refractivity contribution is 0.0204. The molecule has 130 valence electrons. The number of benzene rings is 1. The van der Waals surface area contributed by atoms with Gasteiger partial charge in [-0.2, -0.15) is 0 Å². The number of ether oxygens (including phenoxy) is 2. The van der Waals surface area contributed by atoms with Crippen molar-refractivity contribution in [2.24, 2.45) is 5.92 Å². The van der Waals surface area contributed by atoms with Crippen LogP contribution in [-0.4, -0.2) is 25.0 Å². The highest BCUT2D eigenvalue weighted by atomic mass is 35.5. The van der Waals surface area contributed by atoms with Crippen LogP contribution in [0.15, 0.2) is 47.0 Å². The van der Waals surface area contributed by atoms with Crippen molar-refractivity contribution in [1.29, 1.82) is 5.41 Å². The number of allylic oxidation sites excluding steroid dienone is 3. The third-order valence-corrected chi connectivity index (χ3v) is 4.62. The molecule has 0 saturated carbocycles. The third kappa shape index (κ3) is 5.22. The van der Waals surface area contributed by atoms with E-state index in [9.17, 15) is 0 Å². The van der Waals surface area contributed by atoms with Crippen LogP contribution in [-0.2, 0) is 11.2 Å². The summed E-state index contributed by atoms with van der Waals surface area (Å²) in [6.07, 6.45) is 7.03. The molecule has 0 radical (unpaired) electrons. The van der Waals surface area contributed by atoms with Crippen LogP contribution in [0.5, 0.6) is 5.75 Å². The fourth-order valence-electron chi connectivity index (χ4n) is 2.85. The van der Waals surface area contributed by atoms with Gasteiger partial charge in [-0.3, -0.25) is 0 Å². The first kappa shape index (κ1) is 18.8. The van der Waals surface area contributed by atoms with Crippen LogP contribution in [0.2, 0.25) is 0 Å². The van der Waals surface area contributed by atoms with Gasteiger partial charge in [-0.25, -0.2) is 0 Å². The molecule has 0 heterocycles. The average molecular weight is 348 g/mol. The highest BCUT2D eigenvalue weighted by molar-refractivity contribution is 6.31. The van der Waals surface area contributed by atoms with Crippen LogP contribution in [0, 0.1) is 11.3 Å². The quantitative estimate of drug-likeness (QED) is 0.661. The first-order valence-corrected chi connectivity index (χ1v) is 8.84. The van der Waals surface area contributed by atoms with Gasteiger partial charge in [-0.1, -0.05) is 29.8 Å². The maximum Gasteiger partial charge on any atom is 0.119 e. The zero-order chi connectivity index (χ0) is 17.5. The lowest BCUT2D eigenvalue weighted by Gasteiger charge is -2.27. The Bertz CT molecular complexity index is 607. The lowest BCUT2D eigenvalue weighted by atomic mass is 9.87. The molecule has 0 saturated heterocycles. The average Bonchev–Trinajstić information content (AvgIpc) is 2.58. The van der Waals surface area contributed by atoms with Gasteiger partial charge in [0.25, 0.3) is 0 Å². The topological polar surface area (TPSA) is 42.3 Å². The van der Waals surface area contributed by atoms with E-state index in [1.54, 1.807) is 0 Å². The van der Waals surface area contributed by atoms with Gasteiger partial charge in [-0.15, -0.1) is 0 Å². The second-order valence-electron chi connectivity index (χ2n) is 6.15. The molecule has 4 heteroatoms. The van der Waals surface area contributed by atoms with E-state index in [0.717, 1.165) is 23.6 Å². The van der Waals surface area contributed by atoms with Gasteiger partial charge >= 0.3 is 0 Å². The Morgan fingerprint density at radius 1 is 1.29 bits per heavy atom. The molecular formula is C20H26ClNO2. The Morgan fingerprint density at radius 3 is 2.62 bits per heavy atom. The molecule has 3 nitrogen and oxygen atoms in total. The summed E-state index contributed by atoms with van der Waals surface area (Å²) in [6, 6.07) is 8.18. The minimum absolute atomic E-state index is 0.0537. The zero-order valence-corrected chi connectivity index (χ0v) is 15.3. The molecule has 1 aliphatic rings. The largest absolute Gasteiger partial charge is 0.494 e. The van der Waals surface area contributed by atoms with Crippen molar-refractivity contribution in [3.05, 3.63) is 52.6 Å². The highest BCUT2D eigenvalue weighted by Gasteiger charge is 2.22. The minimum Gasteiger partial charge on any atom is -0.494 e. The van der Waals surface area contributed by atoms with E-state index >= 15 is 0 Å². The van der Waals surface area contributed by atoms with Crippen LogP contribution in [0.3, 0.4) is 0 Å². The molecule has 1 N–H and O–H groups in total. The van der Waals surface area contributed by atoms with Crippen molar-refractivity contribution < 1.29 is 9.47 Å². The van der Waals surface area contributed by atoms with E-state index in [0.29, 0.717) is 6.61 Å². The Hall–Kier alpha value is -1.58. The van der Waals surface area contributed by atoms with E-state index in [-0.39, 0.29) is 18.1 Å². The smallest absolute Gasteiger partial charge is 0.119 e. The summed E-state index contributed by atoms with van der Waals surface area (Å²) < 4.78 is 11.3. The Labute approximate surface area is 149 Å². The van der Waals surface area contributed by atoms with E-state index in [1.165, 1.54) is 17.4 Å². The molecule has 2 rings (SSSR count). The molecular weight excluding hydrogens is 322 g/mol. The van der Waals surface area contributed by atoms with Crippen molar-refractivity contribution in [1.82, 2.24) is 0 Å². The van der Waals surface area contributed by atoms with E-state index in [2.05, 4.69) is 25.1 Å². The van der Waals surface area contributed by atoms with Crippen LogP contribution in [0.25, 0.3) is 0 Å². The first-order valence-electron chi connectivity index (χ1n) is 8.47. The van der Waals surface area contributed by atoms with Crippen molar-refractivity contribution in [3.8, 4) is 5.75 Å². The Morgan fingerprint density at radius 2 is 2.00 bits per heavy atom. The molecule has 0 aromatic heterocycles. The molecule has 1 aromatic carbocycles. The second kappa shape index (κ2) is 9.05. The molecule has 0 spiro atoms. The summed E-state index contributed by atoms with van der Waals surface area (Å²) in [5, 5.41) is 8.10. The third-order valence-electron chi connectivity index (χ3n) is 4.23. The molecule has 1 aromatic rings. The predicted octanol–water partition coefficient (Wildman–Crippen LogP) is 5.14.